The van der Waals surface area contributed by atoms with E-state index in [1.165, 1.54) is 11.3 Å². The van der Waals surface area contributed by atoms with E-state index in [1.54, 1.807) is 41.7 Å². The number of rotatable bonds is 7. The number of pyridine rings is 1. The number of methoxy groups -OCH3 is 2. The molecule has 1 amide bonds. The quantitative estimate of drug-likeness (QED) is 0.462. The number of hydrogen-bond donors (Lipinski definition) is 1. The lowest BCUT2D eigenvalue weighted by Crippen LogP contribution is -2.49. The maximum absolute atomic E-state index is 12.1. The fourth-order valence-electron chi connectivity index (χ4n) is 3.01. The average molecular weight is 430 g/mol. The fraction of sp³-hybridized carbons (Fsp3) is 0.333. The van der Waals surface area contributed by atoms with Crippen LogP contribution in [0.2, 0.25) is 0 Å². The number of aromatic nitrogens is 5. The van der Waals surface area contributed by atoms with Gasteiger partial charge in [0.1, 0.15) is 28.4 Å². The molecule has 4 aromatic heterocycles. The van der Waals surface area contributed by atoms with Crippen LogP contribution < -0.4 is 19.5 Å². The first-order valence-corrected chi connectivity index (χ1v) is 9.92. The lowest BCUT2D eigenvalue weighted by atomic mass is 10.2. The summed E-state index contributed by atoms with van der Waals surface area (Å²) in [7, 11) is 3.12. The molecule has 0 unspecified atom stereocenters. The molecular weight excluding hydrogens is 412 g/mol. The third kappa shape index (κ3) is 3.39. The van der Waals surface area contributed by atoms with Crippen LogP contribution in [-0.2, 0) is 9.53 Å². The molecule has 1 aliphatic heterocycles. The Balaban J connectivity index is 1.43. The number of carbonyl (C=O) groups is 1. The number of amides is 1. The van der Waals surface area contributed by atoms with Crippen LogP contribution in [0.15, 0.2) is 24.5 Å². The van der Waals surface area contributed by atoms with E-state index in [2.05, 4.69) is 20.5 Å². The number of nitrogens with zero attached hydrogens (tertiary/aromatic N) is 5. The highest BCUT2D eigenvalue weighted by Gasteiger charge is 2.21. The summed E-state index contributed by atoms with van der Waals surface area (Å²) < 4.78 is 24.6. The van der Waals surface area contributed by atoms with Crippen molar-refractivity contribution in [3.63, 3.8) is 0 Å². The molecule has 0 radical (unpaired) electrons. The maximum atomic E-state index is 12.1. The van der Waals surface area contributed by atoms with Crippen LogP contribution in [0.25, 0.3) is 21.9 Å². The zero-order valence-corrected chi connectivity index (χ0v) is 17.0. The molecule has 156 valence electrons. The Morgan fingerprint density at radius 1 is 1.20 bits per heavy atom. The van der Waals surface area contributed by atoms with Gasteiger partial charge in [0.25, 0.3) is 11.1 Å². The van der Waals surface area contributed by atoms with Gasteiger partial charge in [-0.05, 0) is 17.4 Å². The first kappa shape index (κ1) is 18.6. The Morgan fingerprint density at radius 3 is 2.77 bits per heavy atom. The van der Waals surface area contributed by atoms with Crippen LogP contribution in [-0.4, -0.2) is 70.2 Å². The summed E-state index contributed by atoms with van der Waals surface area (Å²) >= 11 is 1.34. The number of fused-ring (bicyclic) bond motifs is 2. The van der Waals surface area contributed by atoms with E-state index in [0.717, 1.165) is 0 Å². The molecule has 0 aliphatic carbocycles. The van der Waals surface area contributed by atoms with E-state index in [9.17, 15) is 4.79 Å². The maximum Gasteiger partial charge on any atom is 0.294 e. The molecule has 1 aliphatic rings. The van der Waals surface area contributed by atoms with Gasteiger partial charge < -0.3 is 24.3 Å². The fourth-order valence-corrected chi connectivity index (χ4v) is 3.71. The Morgan fingerprint density at radius 2 is 2.07 bits per heavy atom. The standard InChI is InChI=1S/C18H18N6O5S/c1-26-11-3-15(29-9-16(25)19-10-7-28-8-10)14-4-12(21-23(14)5-11)13-6-24-17(20-13)30-18(22-24)27-2/h3-6,10H,7-9H2,1-2H3,(H,19,25). The van der Waals surface area contributed by atoms with Gasteiger partial charge in [0.15, 0.2) is 6.61 Å². The van der Waals surface area contributed by atoms with Crippen molar-refractivity contribution in [1.82, 2.24) is 29.5 Å². The minimum absolute atomic E-state index is 0.0509. The Kier molecular flexibility index (Phi) is 4.64. The number of imidazole rings is 1. The molecule has 12 heteroatoms. The zero-order valence-electron chi connectivity index (χ0n) is 16.2. The molecule has 1 N–H and O–H groups in total. The monoisotopic (exact) mass is 430 g/mol. The van der Waals surface area contributed by atoms with Gasteiger partial charge in [-0.15, -0.1) is 5.10 Å². The molecular formula is C18H18N6O5S. The highest BCUT2D eigenvalue weighted by molar-refractivity contribution is 7.18. The molecule has 30 heavy (non-hydrogen) atoms. The summed E-state index contributed by atoms with van der Waals surface area (Å²) in [5.74, 6) is 0.824. The van der Waals surface area contributed by atoms with Gasteiger partial charge in [0.05, 0.1) is 45.9 Å². The predicted octanol–water partition coefficient (Wildman–Crippen LogP) is 1.02. The van der Waals surface area contributed by atoms with Crippen LogP contribution in [0.4, 0.5) is 0 Å². The topological polar surface area (TPSA) is 114 Å². The second kappa shape index (κ2) is 7.46. The van der Waals surface area contributed by atoms with Crippen molar-refractivity contribution >= 4 is 27.7 Å². The lowest BCUT2D eigenvalue weighted by Gasteiger charge is -2.26. The molecule has 0 aromatic carbocycles. The molecule has 1 saturated heterocycles. The minimum Gasteiger partial charge on any atom is -0.495 e. The second-order valence-corrected chi connectivity index (χ2v) is 7.54. The normalized spacial score (nSPS) is 14.1. The van der Waals surface area contributed by atoms with Crippen LogP contribution in [0.3, 0.4) is 0 Å². The number of ether oxygens (including phenoxy) is 4. The van der Waals surface area contributed by atoms with Gasteiger partial charge in [-0.1, -0.05) is 0 Å². The van der Waals surface area contributed by atoms with Crippen LogP contribution >= 0.6 is 11.3 Å². The van der Waals surface area contributed by atoms with E-state index in [-0.39, 0.29) is 18.6 Å². The highest BCUT2D eigenvalue weighted by atomic mass is 32.1. The van der Waals surface area contributed by atoms with Gasteiger partial charge >= 0.3 is 0 Å². The van der Waals surface area contributed by atoms with E-state index >= 15 is 0 Å². The predicted molar refractivity (Wildman–Crippen MR) is 106 cm³/mol. The average Bonchev–Trinajstić information content (AvgIpc) is 3.40. The van der Waals surface area contributed by atoms with Crippen molar-refractivity contribution in [3.8, 4) is 28.1 Å². The van der Waals surface area contributed by atoms with Crippen LogP contribution in [0.5, 0.6) is 16.7 Å². The van der Waals surface area contributed by atoms with Gasteiger partial charge in [-0.25, -0.2) is 14.0 Å². The zero-order chi connectivity index (χ0) is 20.7. The van der Waals surface area contributed by atoms with Crippen molar-refractivity contribution in [2.75, 3.05) is 34.0 Å². The smallest absolute Gasteiger partial charge is 0.294 e. The minimum atomic E-state index is -0.210. The first-order valence-electron chi connectivity index (χ1n) is 9.11. The number of nitrogens with one attached hydrogen (secondary N) is 1. The first-order chi connectivity index (χ1) is 14.6. The van der Waals surface area contributed by atoms with Crippen molar-refractivity contribution < 1.29 is 23.7 Å². The van der Waals surface area contributed by atoms with Crippen molar-refractivity contribution in [3.05, 3.63) is 24.5 Å². The molecule has 4 aromatic rings. The molecule has 5 heterocycles. The summed E-state index contributed by atoms with van der Waals surface area (Å²) in [6.45, 7) is 0.942. The van der Waals surface area contributed by atoms with Crippen LogP contribution in [0, 0.1) is 0 Å². The van der Waals surface area contributed by atoms with Crippen LogP contribution in [0.1, 0.15) is 0 Å². The van der Waals surface area contributed by atoms with Gasteiger partial charge in [0, 0.05) is 6.07 Å². The molecule has 0 spiro atoms. The summed E-state index contributed by atoms with van der Waals surface area (Å²) in [4.78, 5) is 17.3. The SMILES string of the molecule is COc1cc(OCC(=O)NC2COC2)c2cc(-c3cn4nc(OC)sc4n3)nn2c1. The van der Waals surface area contributed by atoms with Gasteiger partial charge in [-0.3, -0.25) is 4.79 Å². The molecule has 0 bridgehead atoms. The summed E-state index contributed by atoms with van der Waals surface area (Å²) in [6.07, 6.45) is 3.51. The third-order valence-corrected chi connectivity index (χ3v) is 5.45. The Bertz CT molecular complexity index is 1200. The number of carbonyl (C=O) groups excluding carboxylic acids is 1. The summed E-state index contributed by atoms with van der Waals surface area (Å²) in [5.41, 5.74) is 1.99. The Labute approximate surface area is 174 Å². The molecule has 5 rings (SSSR count). The van der Waals surface area contributed by atoms with Crippen molar-refractivity contribution in [1.29, 1.82) is 0 Å². The van der Waals surface area contributed by atoms with E-state index in [4.69, 9.17) is 18.9 Å². The largest absolute Gasteiger partial charge is 0.495 e. The van der Waals surface area contributed by atoms with Gasteiger partial charge in [0.2, 0.25) is 4.96 Å². The Hall–Kier alpha value is -3.38. The molecule has 0 atom stereocenters. The van der Waals surface area contributed by atoms with E-state index in [0.29, 0.717) is 51.8 Å². The van der Waals surface area contributed by atoms with Crippen molar-refractivity contribution in [2.24, 2.45) is 0 Å². The third-order valence-electron chi connectivity index (χ3n) is 4.57. The van der Waals surface area contributed by atoms with Gasteiger partial charge in [-0.2, -0.15) is 5.10 Å². The number of hydrogen-bond acceptors (Lipinski definition) is 9. The summed E-state index contributed by atoms with van der Waals surface area (Å²) in [5, 5.41) is 12.2. The molecule has 0 saturated carbocycles. The van der Waals surface area contributed by atoms with E-state index in [1.807, 2.05) is 6.07 Å². The highest BCUT2D eigenvalue weighted by Crippen LogP contribution is 2.30. The summed E-state index contributed by atoms with van der Waals surface area (Å²) in [6, 6.07) is 3.62. The lowest BCUT2D eigenvalue weighted by molar-refractivity contribution is -0.127. The van der Waals surface area contributed by atoms with E-state index < -0.39 is 0 Å². The molecule has 1 fully saturated rings. The van der Waals surface area contributed by atoms with Crippen molar-refractivity contribution in [2.45, 2.75) is 6.04 Å². The molecule has 11 nitrogen and oxygen atoms in total. The second-order valence-electron chi connectivity index (χ2n) is 6.62.